The van der Waals surface area contributed by atoms with Gasteiger partial charge in [-0.1, -0.05) is 36.0 Å². The number of benzene rings is 1. The first-order valence-corrected chi connectivity index (χ1v) is 8.85. The van der Waals surface area contributed by atoms with Gasteiger partial charge in [-0.3, -0.25) is 9.59 Å². The third-order valence-corrected chi connectivity index (χ3v) is 5.49. The molecule has 2 amide bonds. The van der Waals surface area contributed by atoms with Gasteiger partial charge in [-0.15, -0.1) is 0 Å². The predicted molar refractivity (Wildman–Crippen MR) is 90.9 cm³/mol. The lowest BCUT2D eigenvalue weighted by molar-refractivity contribution is -0.136. The number of rotatable bonds is 2. The first kappa shape index (κ1) is 16.6. The van der Waals surface area contributed by atoms with Gasteiger partial charge in [-0.25, -0.2) is 0 Å². The SMILES string of the molecule is O=C(c1ccc(Cl)c(Cl)c1)N1CCN(C(=O)C2CCCC2)CC1. The zero-order chi connectivity index (χ0) is 16.4. The van der Waals surface area contributed by atoms with Crippen molar-refractivity contribution in [2.45, 2.75) is 25.7 Å². The molecular weight excluding hydrogens is 335 g/mol. The number of carbonyl (C=O) groups is 2. The molecule has 2 aliphatic rings. The van der Waals surface area contributed by atoms with Gasteiger partial charge in [0.15, 0.2) is 0 Å². The molecule has 4 nitrogen and oxygen atoms in total. The minimum atomic E-state index is -0.0588. The molecule has 1 heterocycles. The van der Waals surface area contributed by atoms with Crippen molar-refractivity contribution in [3.05, 3.63) is 33.8 Å². The smallest absolute Gasteiger partial charge is 0.254 e. The molecule has 1 saturated carbocycles. The van der Waals surface area contributed by atoms with Crippen LogP contribution in [0.2, 0.25) is 10.0 Å². The fraction of sp³-hybridized carbons (Fsp3) is 0.529. The van der Waals surface area contributed by atoms with Gasteiger partial charge < -0.3 is 9.80 Å². The summed E-state index contributed by atoms with van der Waals surface area (Å²) < 4.78 is 0. The summed E-state index contributed by atoms with van der Waals surface area (Å²) in [6, 6.07) is 4.92. The summed E-state index contributed by atoms with van der Waals surface area (Å²) in [6.07, 6.45) is 4.35. The highest BCUT2D eigenvalue weighted by Gasteiger charge is 2.30. The van der Waals surface area contributed by atoms with Crippen LogP contribution < -0.4 is 0 Å². The van der Waals surface area contributed by atoms with E-state index in [0.717, 1.165) is 25.7 Å². The Kier molecular flexibility index (Phi) is 5.12. The molecule has 0 unspecified atom stereocenters. The van der Waals surface area contributed by atoms with Crippen LogP contribution in [0.15, 0.2) is 18.2 Å². The summed E-state index contributed by atoms with van der Waals surface area (Å²) in [5.41, 5.74) is 0.537. The average Bonchev–Trinajstić information content (AvgIpc) is 3.11. The Bertz CT molecular complexity index is 607. The maximum absolute atomic E-state index is 12.5. The van der Waals surface area contributed by atoms with Crippen LogP contribution in [0.1, 0.15) is 36.0 Å². The van der Waals surface area contributed by atoms with Crippen molar-refractivity contribution in [1.82, 2.24) is 9.80 Å². The van der Waals surface area contributed by atoms with Crippen molar-refractivity contribution in [1.29, 1.82) is 0 Å². The van der Waals surface area contributed by atoms with Crippen molar-refractivity contribution < 1.29 is 9.59 Å². The summed E-state index contributed by atoms with van der Waals surface area (Å²) in [4.78, 5) is 28.6. The molecule has 1 aromatic rings. The maximum Gasteiger partial charge on any atom is 0.254 e. The Hall–Kier alpha value is -1.26. The lowest BCUT2D eigenvalue weighted by Crippen LogP contribution is -2.51. The van der Waals surface area contributed by atoms with Gasteiger partial charge in [-0.2, -0.15) is 0 Å². The largest absolute Gasteiger partial charge is 0.339 e. The van der Waals surface area contributed by atoms with E-state index in [2.05, 4.69) is 0 Å². The predicted octanol–water partition coefficient (Wildman–Crippen LogP) is 3.47. The van der Waals surface area contributed by atoms with Gasteiger partial charge >= 0.3 is 0 Å². The summed E-state index contributed by atoms with van der Waals surface area (Å²) in [5.74, 6) is 0.410. The molecule has 0 spiro atoms. The van der Waals surface area contributed by atoms with Crippen molar-refractivity contribution >= 4 is 35.0 Å². The molecule has 0 N–H and O–H groups in total. The minimum Gasteiger partial charge on any atom is -0.339 e. The molecule has 0 radical (unpaired) electrons. The van der Waals surface area contributed by atoms with Gasteiger partial charge in [0.25, 0.3) is 5.91 Å². The van der Waals surface area contributed by atoms with Gasteiger partial charge in [0.05, 0.1) is 10.0 Å². The molecule has 124 valence electrons. The van der Waals surface area contributed by atoms with Crippen LogP contribution in [-0.2, 0) is 4.79 Å². The number of nitrogens with zero attached hydrogens (tertiary/aromatic N) is 2. The lowest BCUT2D eigenvalue weighted by Gasteiger charge is -2.36. The topological polar surface area (TPSA) is 40.6 Å². The Morgan fingerprint density at radius 2 is 1.52 bits per heavy atom. The number of hydrogen-bond acceptors (Lipinski definition) is 2. The molecule has 1 aliphatic carbocycles. The second kappa shape index (κ2) is 7.10. The van der Waals surface area contributed by atoms with E-state index in [1.165, 1.54) is 0 Å². The van der Waals surface area contributed by atoms with Crippen molar-refractivity contribution in [2.24, 2.45) is 5.92 Å². The molecule has 0 bridgehead atoms. The highest BCUT2D eigenvalue weighted by atomic mass is 35.5. The number of carbonyl (C=O) groups excluding carboxylic acids is 2. The second-order valence-electron chi connectivity index (χ2n) is 6.23. The zero-order valence-corrected chi connectivity index (χ0v) is 14.4. The van der Waals surface area contributed by atoms with E-state index in [0.29, 0.717) is 41.8 Å². The summed E-state index contributed by atoms with van der Waals surface area (Å²) >= 11 is 11.9. The molecule has 0 atom stereocenters. The van der Waals surface area contributed by atoms with Gasteiger partial charge in [-0.05, 0) is 31.0 Å². The van der Waals surface area contributed by atoms with E-state index in [4.69, 9.17) is 23.2 Å². The lowest BCUT2D eigenvalue weighted by atomic mass is 10.1. The first-order valence-electron chi connectivity index (χ1n) is 8.09. The van der Waals surface area contributed by atoms with Gasteiger partial charge in [0.1, 0.15) is 0 Å². The molecule has 2 fully saturated rings. The highest BCUT2D eigenvalue weighted by molar-refractivity contribution is 6.42. The van der Waals surface area contributed by atoms with Crippen LogP contribution in [0.5, 0.6) is 0 Å². The first-order chi connectivity index (χ1) is 11.1. The monoisotopic (exact) mass is 354 g/mol. The summed E-state index contributed by atoms with van der Waals surface area (Å²) in [6.45, 7) is 2.36. The molecule has 1 aliphatic heterocycles. The molecule has 23 heavy (non-hydrogen) atoms. The average molecular weight is 355 g/mol. The fourth-order valence-corrected chi connectivity index (χ4v) is 3.67. The number of amides is 2. The zero-order valence-electron chi connectivity index (χ0n) is 12.9. The van der Waals surface area contributed by atoms with Crippen LogP contribution in [-0.4, -0.2) is 47.8 Å². The standard InChI is InChI=1S/C17H20Cl2N2O2/c18-14-6-5-13(11-15(14)19)17(23)21-9-7-20(8-10-21)16(22)12-3-1-2-4-12/h5-6,11-12H,1-4,7-10H2. The van der Waals surface area contributed by atoms with Crippen LogP contribution in [0.25, 0.3) is 0 Å². The Morgan fingerprint density at radius 1 is 0.913 bits per heavy atom. The Balaban J connectivity index is 1.58. The van der Waals surface area contributed by atoms with E-state index < -0.39 is 0 Å². The van der Waals surface area contributed by atoms with E-state index in [-0.39, 0.29) is 17.7 Å². The third-order valence-electron chi connectivity index (χ3n) is 4.75. The molecule has 0 aromatic heterocycles. The minimum absolute atomic E-state index is 0.0588. The van der Waals surface area contributed by atoms with Crippen LogP contribution in [0.3, 0.4) is 0 Å². The van der Waals surface area contributed by atoms with Crippen LogP contribution in [0, 0.1) is 5.92 Å². The van der Waals surface area contributed by atoms with Crippen molar-refractivity contribution in [3.63, 3.8) is 0 Å². The van der Waals surface area contributed by atoms with Crippen molar-refractivity contribution in [3.8, 4) is 0 Å². The number of piperazine rings is 1. The molecule has 1 aromatic carbocycles. The normalized spacial score (nSPS) is 19.2. The number of halogens is 2. The molecule has 1 saturated heterocycles. The van der Waals surface area contributed by atoms with Gasteiger partial charge in [0.2, 0.25) is 5.91 Å². The van der Waals surface area contributed by atoms with Crippen LogP contribution >= 0.6 is 23.2 Å². The maximum atomic E-state index is 12.5. The van der Waals surface area contributed by atoms with E-state index in [1.54, 1.807) is 23.1 Å². The van der Waals surface area contributed by atoms with E-state index in [1.807, 2.05) is 4.90 Å². The second-order valence-corrected chi connectivity index (χ2v) is 7.04. The number of hydrogen-bond donors (Lipinski definition) is 0. The van der Waals surface area contributed by atoms with Crippen molar-refractivity contribution in [2.75, 3.05) is 26.2 Å². The summed E-state index contributed by atoms with van der Waals surface area (Å²) in [5, 5.41) is 0.822. The van der Waals surface area contributed by atoms with Crippen LogP contribution in [0.4, 0.5) is 0 Å². The van der Waals surface area contributed by atoms with E-state index in [9.17, 15) is 9.59 Å². The quantitative estimate of drug-likeness (QED) is 0.815. The molecular formula is C17H20Cl2N2O2. The Morgan fingerprint density at radius 3 is 2.13 bits per heavy atom. The summed E-state index contributed by atoms with van der Waals surface area (Å²) in [7, 11) is 0. The molecule has 6 heteroatoms. The molecule has 3 rings (SSSR count). The van der Waals surface area contributed by atoms with Gasteiger partial charge in [0, 0.05) is 37.7 Å². The Labute approximate surface area is 146 Å². The highest BCUT2D eigenvalue weighted by Crippen LogP contribution is 2.27. The van der Waals surface area contributed by atoms with E-state index >= 15 is 0 Å². The third kappa shape index (κ3) is 3.64. The fourth-order valence-electron chi connectivity index (χ4n) is 3.37.